The summed E-state index contributed by atoms with van der Waals surface area (Å²) in [4.78, 5) is 24.2. The minimum Gasteiger partial charge on any atom is -0.364 e. The van der Waals surface area contributed by atoms with Crippen LogP contribution < -0.4 is 5.32 Å². The van der Waals surface area contributed by atoms with Crippen LogP contribution in [0.1, 0.15) is 29.0 Å². The fraction of sp³-hybridized carbons (Fsp3) is 0.188. The Morgan fingerprint density at radius 1 is 1.36 bits per heavy atom. The summed E-state index contributed by atoms with van der Waals surface area (Å²) in [7, 11) is 0. The van der Waals surface area contributed by atoms with Crippen molar-refractivity contribution < 1.29 is 4.79 Å². The number of fused-ring (bicyclic) bond motifs is 3. The van der Waals surface area contributed by atoms with Crippen molar-refractivity contribution in [2.45, 2.75) is 19.4 Å². The van der Waals surface area contributed by atoms with E-state index in [4.69, 9.17) is 0 Å². The molecule has 6 nitrogen and oxygen atoms in total. The minimum absolute atomic E-state index is 0.146. The molecule has 1 aliphatic rings. The molecule has 1 aliphatic heterocycles. The number of pyridine rings is 1. The summed E-state index contributed by atoms with van der Waals surface area (Å²) in [6.45, 7) is 2.14. The van der Waals surface area contributed by atoms with Gasteiger partial charge in [0.25, 0.3) is 5.91 Å². The number of hydrogen-bond acceptors (Lipinski definition) is 3. The van der Waals surface area contributed by atoms with Crippen LogP contribution in [0.15, 0.2) is 43.1 Å². The molecule has 0 radical (unpaired) electrons. The fourth-order valence-electron chi connectivity index (χ4n) is 2.95. The molecule has 4 heterocycles. The third kappa shape index (κ3) is 1.92. The van der Waals surface area contributed by atoms with Crippen molar-refractivity contribution in [3.8, 4) is 11.4 Å². The molecule has 0 bridgehead atoms. The summed E-state index contributed by atoms with van der Waals surface area (Å²) in [5.74, 6) is 0.697. The van der Waals surface area contributed by atoms with Gasteiger partial charge in [-0.1, -0.05) is 0 Å². The van der Waals surface area contributed by atoms with Crippen molar-refractivity contribution in [2.75, 3.05) is 5.32 Å². The first kappa shape index (κ1) is 12.8. The topological polar surface area (TPSA) is 75.6 Å². The first-order valence-corrected chi connectivity index (χ1v) is 7.19. The maximum Gasteiger partial charge on any atom is 0.257 e. The molecule has 2 N–H and O–H groups in total. The number of carbonyl (C=O) groups excluding carboxylic acids is 1. The van der Waals surface area contributed by atoms with Gasteiger partial charge >= 0.3 is 0 Å². The van der Waals surface area contributed by atoms with E-state index in [0.717, 1.165) is 29.2 Å². The second-order valence-electron chi connectivity index (χ2n) is 5.46. The zero-order chi connectivity index (χ0) is 15.1. The predicted octanol–water partition coefficient (Wildman–Crippen LogP) is 2.64. The summed E-state index contributed by atoms with van der Waals surface area (Å²) in [5, 5.41) is 2.89. The van der Waals surface area contributed by atoms with E-state index < -0.39 is 0 Å². The average Bonchev–Trinajstić information content (AvgIpc) is 3.14. The number of H-pyrrole nitrogens is 1. The van der Waals surface area contributed by atoms with E-state index in [9.17, 15) is 4.79 Å². The van der Waals surface area contributed by atoms with E-state index in [2.05, 4.69) is 31.8 Å². The number of nitrogens with one attached hydrogen (secondary N) is 2. The number of aromatic amines is 1. The molecule has 3 aromatic heterocycles. The van der Waals surface area contributed by atoms with Crippen LogP contribution in [-0.2, 0) is 6.42 Å². The van der Waals surface area contributed by atoms with Gasteiger partial charge in [0.05, 0.1) is 11.1 Å². The second kappa shape index (κ2) is 4.84. The van der Waals surface area contributed by atoms with Crippen molar-refractivity contribution in [1.82, 2.24) is 19.5 Å². The lowest BCUT2D eigenvalue weighted by atomic mass is 10.0. The van der Waals surface area contributed by atoms with Crippen molar-refractivity contribution in [3.63, 3.8) is 0 Å². The third-order valence-electron chi connectivity index (χ3n) is 4.01. The Bertz CT molecular complexity index is 833. The Morgan fingerprint density at radius 2 is 2.18 bits per heavy atom. The number of aromatic nitrogens is 4. The second-order valence-corrected chi connectivity index (χ2v) is 5.46. The molecule has 0 aromatic carbocycles. The lowest BCUT2D eigenvalue weighted by Gasteiger charge is -2.22. The standard InChI is InChI=1S/C16H15N5O/c1-10-8-13-14(15-18-6-7-21(10)15)12(9-19-13)16(22)20-11-2-4-17-5-3-11/h2-7,9-10,19H,8H2,1H3,(H,17,20,22)/t10-/m0/s1. The van der Waals surface area contributed by atoms with Gasteiger partial charge in [0.2, 0.25) is 0 Å². The Balaban J connectivity index is 1.73. The number of carbonyl (C=O) groups is 1. The molecule has 4 rings (SSSR count). The van der Waals surface area contributed by atoms with Crippen LogP contribution in [0, 0.1) is 0 Å². The zero-order valence-electron chi connectivity index (χ0n) is 12.1. The van der Waals surface area contributed by atoms with Crippen LogP contribution in [0.3, 0.4) is 0 Å². The van der Waals surface area contributed by atoms with Gasteiger partial charge < -0.3 is 14.9 Å². The molecule has 3 aromatic rings. The first-order chi connectivity index (χ1) is 10.7. The van der Waals surface area contributed by atoms with Crippen LogP contribution in [0.2, 0.25) is 0 Å². The Morgan fingerprint density at radius 3 is 3.00 bits per heavy atom. The van der Waals surface area contributed by atoms with E-state index >= 15 is 0 Å². The van der Waals surface area contributed by atoms with Gasteiger partial charge in [-0.15, -0.1) is 0 Å². The molecule has 22 heavy (non-hydrogen) atoms. The van der Waals surface area contributed by atoms with Gasteiger partial charge in [-0.05, 0) is 19.1 Å². The lowest BCUT2D eigenvalue weighted by molar-refractivity contribution is 0.102. The molecule has 0 unspecified atom stereocenters. The molecule has 110 valence electrons. The van der Waals surface area contributed by atoms with E-state index in [-0.39, 0.29) is 5.91 Å². The maximum atomic E-state index is 12.6. The van der Waals surface area contributed by atoms with Gasteiger partial charge in [-0.2, -0.15) is 0 Å². The molecule has 0 saturated carbocycles. The fourth-order valence-corrected chi connectivity index (χ4v) is 2.95. The molecule has 1 atom stereocenters. The Labute approximate surface area is 127 Å². The quantitative estimate of drug-likeness (QED) is 0.762. The van der Waals surface area contributed by atoms with E-state index in [1.165, 1.54) is 0 Å². The highest BCUT2D eigenvalue weighted by Gasteiger charge is 2.28. The van der Waals surface area contributed by atoms with E-state index in [0.29, 0.717) is 11.6 Å². The van der Waals surface area contributed by atoms with Crippen LogP contribution >= 0.6 is 0 Å². The van der Waals surface area contributed by atoms with Crippen LogP contribution in [0.25, 0.3) is 11.4 Å². The molecular formula is C16H15N5O. The van der Waals surface area contributed by atoms with Crippen molar-refractivity contribution in [3.05, 3.63) is 54.4 Å². The summed E-state index contributed by atoms with van der Waals surface area (Å²) in [6.07, 6.45) is 9.66. The number of amides is 1. The molecule has 0 aliphatic carbocycles. The number of imidazole rings is 1. The van der Waals surface area contributed by atoms with Crippen molar-refractivity contribution >= 4 is 11.6 Å². The average molecular weight is 293 g/mol. The lowest BCUT2D eigenvalue weighted by Crippen LogP contribution is -2.18. The molecule has 0 saturated heterocycles. The summed E-state index contributed by atoms with van der Waals surface area (Å²) in [6, 6.07) is 3.86. The van der Waals surface area contributed by atoms with Crippen LogP contribution in [0.5, 0.6) is 0 Å². The number of anilines is 1. The molecule has 0 fully saturated rings. The Hall–Kier alpha value is -2.89. The van der Waals surface area contributed by atoms with Crippen molar-refractivity contribution in [2.24, 2.45) is 0 Å². The monoisotopic (exact) mass is 293 g/mol. The first-order valence-electron chi connectivity index (χ1n) is 7.19. The van der Waals surface area contributed by atoms with E-state index in [1.54, 1.807) is 36.9 Å². The number of rotatable bonds is 2. The number of nitrogens with zero attached hydrogens (tertiary/aromatic N) is 3. The van der Waals surface area contributed by atoms with Crippen LogP contribution in [-0.4, -0.2) is 25.4 Å². The smallest absolute Gasteiger partial charge is 0.257 e. The zero-order valence-corrected chi connectivity index (χ0v) is 12.1. The molecule has 0 spiro atoms. The third-order valence-corrected chi connectivity index (χ3v) is 4.01. The van der Waals surface area contributed by atoms with Gasteiger partial charge in [0.1, 0.15) is 5.82 Å². The van der Waals surface area contributed by atoms with Gasteiger partial charge in [0, 0.05) is 54.8 Å². The minimum atomic E-state index is -0.146. The van der Waals surface area contributed by atoms with Crippen molar-refractivity contribution in [1.29, 1.82) is 0 Å². The highest BCUT2D eigenvalue weighted by Crippen LogP contribution is 2.35. The Kier molecular flexibility index (Phi) is 2.82. The molecule has 6 heteroatoms. The summed E-state index contributed by atoms with van der Waals surface area (Å²) in [5.41, 5.74) is 3.30. The summed E-state index contributed by atoms with van der Waals surface area (Å²) < 4.78 is 2.11. The van der Waals surface area contributed by atoms with Crippen LogP contribution in [0.4, 0.5) is 5.69 Å². The molecular weight excluding hydrogens is 278 g/mol. The highest BCUT2D eigenvalue weighted by atomic mass is 16.1. The number of hydrogen-bond donors (Lipinski definition) is 2. The maximum absolute atomic E-state index is 12.6. The normalized spacial score (nSPS) is 16.0. The predicted molar refractivity (Wildman–Crippen MR) is 82.6 cm³/mol. The van der Waals surface area contributed by atoms with Gasteiger partial charge in [0.15, 0.2) is 0 Å². The van der Waals surface area contributed by atoms with Gasteiger partial charge in [-0.25, -0.2) is 4.98 Å². The van der Waals surface area contributed by atoms with Gasteiger partial charge in [-0.3, -0.25) is 9.78 Å². The highest BCUT2D eigenvalue weighted by molar-refractivity contribution is 6.08. The molecule has 1 amide bonds. The largest absolute Gasteiger partial charge is 0.364 e. The summed E-state index contributed by atoms with van der Waals surface area (Å²) >= 11 is 0. The SMILES string of the molecule is C[C@H]1Cc2[nH]cc(C(=O)Nc3ccncc3)c2-c2nccn21. The van der Waals surface area contributed by atoms with E-state index in [1.807, 2.05) is 6.20 Å².